The third kappa shape index (κ3) is 3.83. The van der Waals surface area contributed by atoms with Gasteiger partial charge in [0, 0.05) is 25.5 Å². The third-order valence-corrected chi connectivity index (χ3v) is 3.39. The van der Waals surface area contributed by atoms with Crippen molar-refractivity contribution in [2.45, 2.75) is 13.1 Å². The first-order valence-electron chi connectivity index (χ1n) is 5.87. The van der Waals surface area contributed by atoms with Crippen LogP contribution in [-0.4, -0.2) is 16.9 Å². The summed E-state index contributed by atoms with van der Waals surface area (Å²) < 4.78 is 0. The molecule has 2 rings (SSSR count). The molecule has 19 heavy (non-hydrogen) atoms. The van der Waals surface area contributed by atoms with Crippen LogP contribution >= 0.6 is 23.2 Å². The van der Waals surface area contributed by atoms with Gasteiger partial charge in [-0.1, -0.05) is 29.3 Å². The normalized spacial score (nSPS) is 10.9. The van der Waals surface area contributed by atoms with Crippen LogP contribution in [0, 0.1) is 0 Å². The molecule has 0 saturated heterocycles. The Morgan fingerprint density at radius 3 is 2.37 bits per heavy atom. The SMILES string of the molecule is CN(Cc1cccnc1)Cc1cc(Cl)c(N)c(Cl)c1. The quantitative estimate of drug-likeness (QED) is 0.876. The smallest absolute Gasteiger partial charge is 0.0693 e. The first-order valence-corrected chi connectivity index (χ1v) is 6.62. The van der Waals surface area contributed by atoms with Gasteiger partial charge in [0.25, 0.3) is 0 Å². The fourth-order valence-corrected chi connectivity index (χ4v) is 2.43. The van der Waals surface area contributed by atoms with Crippen LogP contribution in [-0.2, 0) is 13.1 Å². The lowest BCUT2D eigenvalue weighted by molar-refractivity contribution is 0.319. The number of nitrogens with two attached hydrogens (primary N) is 1. The average molecular weight is 296 g/mol. The predicted molar refractivity (Wildman–Crippen MR) is 80.3 cm³/mol. The molecule has 0 aliphatic carbocycles. The largest absolute Gasteiger partial charge is 0.396 e. The molecule has 2 N–H and O–H groups in total. The second kappa shape index (κ2) is 6.24. The number of hydrogen-bond donors (Lipinski definition) is 1. The van der Waals surface area contributed by atoms with E-state index in [0.717, 1.165) is 24.2 Å². The second-order valence-electron chi connectivity index (χ2n) is 4.51. The van der Waals surface area contributed by atoms with Crippen LogP contribution in [0.4, 0.5) is 5.69 Å². The fourth-order valence-electron chi connectivity index (χ4n) is 1.90. The predicted octanol–water partition coefficient (Wildman–Crippen LogP) is 3.60. The Bertz CT molecular complexity index is 535. The second-order valence-corrected chi connectivity index (χ2v) is 5.32. The molecule has 1 aromatic heterocycles. The van der Waals surface area contributed by atoms with Crippen molar-refractivity contribution in [3.05, 3.63) is 57.8 Å². The highest BCUT2D eigenvalue weighted by Gasteiger charge is 2.07. The summed E-state index contributed by atoms with van der Waals surface area (Å²) in [7, 11) is 2.03. The van der Waals surface area contributed by atoms with Crippen molar-refractivity contribution in [3.8, 4) is 0 Å². The van der Waals surface area contributed by atoms with Crippen molar-refractivity contribution < 1.29 is 0 Å². The number of aromatic nitrogens is 1. The highest BCUT2D eigenvalue weighted by molar-refractivity contribution is 6.38. The number of hydrogen-bond acceptors (Lipinski definition) is 3. The summed E-state index contributed by atoms with van der Waals surface area (Å²) in [6.07, 6.45) is 3.63. The topological polar surface area (TPSA) is 42.2 Å². The van der Waals surface area contributed by atoms with Crippen molar-refractivity contribution >= 4 is 28.9 Å². The highest BCUT2D eigenvalue weighted by atomic mass is 35.5. The Balaban J connectivity index is 2.05. The van der Waals surface area contributed by atoms with Gasteiger partial charge in [0.2, 0.25) is 0 Å². The van der Waals surface area contributed by atoms with Crippen LogP contribution in [0.2, 0.25) is 10.0 Å². The van der Waals surface area contributed by atoms with Crippen LogP contribution in [0.3, 0.4) is 0 Å². The zero-order valence-electron chi connectivity index (χ0n) is 10.6. The Kier molecular flexibility index (Phi) is 4.64. The molecule has 1 aromatic carbocycles. The van der Waals surface area contributed by atoms with Gasteiger partial charge in [-0.05, 0) is 36.4 Å². The van der Waals surface area contributed by atoms with Gasteiger partial charge in [-0.15, -0.1) is 0 Å². The molecule has 0 saturated carbocycles. The molecule has 1 heterocycles. The molecule has 3 nitrogen and oxygen atoms in total. The van der Waals surface area contributed by atoms with E-state index in [2.05, 4.69) is 9.88 Å². The number of nitrogens with zero attached hydrogens (tertiary/aromatic N) is 2. The molecule has 0 amide bonds. The number of anilines is 1. The van der Waals surface area contributed by atoms with Crippen LogP contribution < -0.4 is 5.73 Å². The van der Waals surface area contributed by atoms with Crippen molar-refractivity contribution in [1.29, 1.82) is 0 Å². The number of halogens is 2. The van der Waals surface area contributed by atoms with Crippen molar-refractivity contribution in [2.24, 2.45) is 0 Å². The molecule has 0 radical (unpaired) electrons. The lowest BCUT2D eigenvalue weighted by atomic mass is 10.2. The van der Waals surface area contributed by atoms with Gasteiger partial charge < -0.3 is 5.73 Å². The van der Waals surface area contributed by atoms with E-state index in [1.165, 1.54) is 0 Å². The zero-order valence-corrected chi connectivity index (χ0v) is 12.1. The first kappa shape index (κ1) is 14.1. The van der Waals surface area contributed by atoms with E-state index in [0.29, 0.717) is 15.7 Å². The van der Waals surface area contributed by atoms with E-state index >= 15 is 0 Å². The molecule has 100 valence electrons. The molecule has 0 unspecified atom stereocenters. The number of pyridine rings is 1. The van der Waals surface area contributed by atoms with Gasteiger partial charge in [-0.3, -0.25) is 9.88 Å². The molecule has 0 atom stereocenters. The fraction of sp³-hybridized carbons (Fsp3) is 0.214. The van der Waals surface area contributed by atoms with E-state index in [4.69, 9.17) is 28.9 Å². The van der Waals surface area contributed by atoms with Crippen LogP contribution in [0.5, 0.6) is 0 Å². The monoisotopic (exact) mass is 295 g/mol. The molecule has 0 aliphatic heterocycles. The van der Waals surface area contributed by atoms with Gasteiger partial charge >= 0.3 is 0 Å². The maximum absolute atomic E-state index is 6.02. The maximum Gasteiger partial charge on any atom is 0.0693 e. The summed E-state index contributed by atoms with van der Waals surface area (Å²) in [5.74, 6) is 0. The van der Waals surface area contributed by atoms with Crippen molar-refractivity contribution in [2.75, 3.05) is 12.8 Å². The Morgan fingerprint density at radius 1 is 1.16 bits per heavy atom. The van der Waals surface area contributed by atoms with Gasteiger partial charge in [-0.2, -0.15) is 0 Å². The summed E-state index contributed by atoms with van der Waals surface area (Å²) in [6.45, 7) is 1.56. The van der Waals surface area contributed by atoms with E-state index in [1.54, 1.807) is 6.20 Å². The minimum atomic E-state index is 0.432. The van der Waals surface area contributed by atoms with Crippen molar-refractivity contribution in [3.63, 3.8) is 0 Å². The zero-order chi connectivity index (χ0) is 13.8. The maximum atomic E-state index is 6.02. The highest BCUT2D eigenvalue weighted by Crippen LogP contribution is 2.29. The molecule has 0 bridgehead atoms. The summed E-state index contributed by atoms with van der Waals surface area (Å²) in [4.78, 5) is 6.26. The van der Waals surface area contributed by atoms with E-state index in [-0.39, 0.29) is 0 Å². The lowest BCUT2D eigenvalue weighted by Crippen LogP contribution is -2.17. The van der Waals surface area contributed by atoms with Crippen LogP contribution in [0.15, 0.2) is 36.7 Å². The summed E-state index contributed by atoms with van der Waals surface area (Å²) >= 11 is 12.0. The third-order valence-electron chi connectivity index (χ3n) is 2.77. The Hall–Kier alpha value is -1.29. The van der Waals surface area contributed by atoms with Crippen LogP contribution in [0.1, 0.15) is 11.1 Å². The van der Waals surface area contributed by atoms with Gasteiger partial charge in [0.15, 0.2) is 0 Å². The molecule has 0 fully saturated rings. The van der Waals surface area contributed by atoms with Gasteiger partial charge in [0.1, 0.15) is 0 Å². The molecular formula is C14H15Cl2N3. The van der Waals surface area contributed by atoms with Gasteiger partial charge in [-0.25, -0.2) is 0 Å². The first-order chi connectivity index (χ1) is 9.06. The van der Waals surface area contributed by atoms with Crippen LogP contribution in [0.25, 0.3) is 0 Å². The Morgan fingerprint density at radius 2 is 1.79 bits per heavy atom. The number of benzene rings is 1. The van der Waals surface area contributed by atoms with Crippen molar-refractivity contribution in [1.82, 2.24) is 9.88 Å². The summed E-state index contributed by atoms with van der Waals surface area (Å²) in [6, 6.07) is 7.68. The minimum Gasteiger partial charge on any atom is -0.396 e. The molecule has 2 aromatic rings. The number of rotatable bonds is 4. The summed E-state index contributed by atoms with van der Waals surface area (Å²) in [5.41, 5.74) is 8.35. The Labute approximate surface area is 123 Å². The number of nitrogen functional groups attached to an aromatic ring is 1. The van der Waals surface area contributed by atoms with Gasteiger partial charge in [0.05, 0.1) is 15.7 Å². The van der Waals surface area contributed by atoms with E-state index in [9.17, 15) is 0 Å². The minimum absolute atomic E-state index is 0.432. The lowest BCUT2D eigenvalue weighted by Gasteiger charge is -2.17. The average Bonchev–Trinajstić information content (AvgIpc) is 2.37. The molecule has 0 aliphatic rings. The standard InChI is InChI=1S/C14H15Cl2N3/c1-19(8-10-3-2-4-18-7-10)9-11-5-12(15)14(17)13(16)6-11/h2-7H,8-9,17H2,1H3. The molecule has 5 heteroatoms. The molecule has 0 spiro atoms. The van der Waals surface area contributed by atoms with E-state index in [1.807, 2.05) is 37.5 Å². The molecular weight excluding hydrogens is 281 g/mol. The summed E-state index contributed by atoms with van der Waals surface area (Å²) in [5, 5.41) is 0.995. The van der Waals surface area contributed by atoms with E-state index < -0.39 is 0 Å².